The highest BCUT2D eigenvalue weighted by molar-refractivity contribution is 6.38. The van der Waals surface area contributed by atoms with Gasteiger partial charge >= 0.3 is 0 Å². The molecule has 3 amide bonds. The van der Waals surface area contributed by atoms with Crippen molar-refractivity contribution in [3.63, 3.8) is 0 Å². The molecule has 2 fully saturated rings. The van der Waals surface area contributed by atoms with Gasteiger partial charge in [-0.05, 0) is 17.5 Å². The summed E-state index contributed by atoms with van der Waals surface area (Å²) in [6.07, 6.45) is 0.835. The molecular formula is C26H29N3O5. The maximum atomic E-state index is 13.6. The second-order valence-corrected chi connectivity index (χ2v) is 8.58. The number of ether oxygens (including phenoxy) is 1. The number of nitrogens with zero attached hydrogens (tertiary/aromatic N) is 2. The predicted octanol–water partition coefficient (Wildman–Crippen LogP) is 1.33. The Labute approximate surface area is 198 Å². The van der Waals surface area contributed by atoms with Gasteiger partial charge in [-0.25, -0.2) is 0 Å². The van der Waals surface area contributed by atoms with Crippen molar-refractivity contribution in [3.05, 3.63) is 71.8 Å². The van der Waals surface area contributed by atoms with Crippen molar-refractivity contribution in [3.8, 4) is 0 Å². The topological polar surface area (TPSA) is 96.0 Å². The fourth-order valence-electron chi connectivity index (χ4n) is 4.37. The highest BCUT2D eigenvalue weighted by Crippen LogP contribution is 2.20. The quantitative estimate of drug-likeness (QED) is 0.596. The van der Waals surface area contributed by atoms with Gasteiger partial charge in [0.2, 0.25) is 17.6 Å². The third-order valence-electron chi connectivity index (χ3n) is 6.23. The van der Waals surface area contributed by atoms with Crippen LogP contribution in [-0.2, 0) is 36.9 Å². The van der Waals surface area contributed by atoms with Gasteiger partial charge in [0.1, 0.15) is 12.1 Å². The second-order valence-electron chi connectivity index (χ2n) is 8.58. The van der Waals surface area contributed by atoms with E-state index in [1.165, 1.54) is 9.80 Å². The monoisotopic (exact) mass is 463 g/mol. The van der Waals surface area contributed by atoms with Crippen LogP contribution in [0.5, 0.6) is 0 Å². The summed E-state index contributed by atoms with van der Waals surface area (Å²) >= 11 is 0. The van der Waals surface area contributed by atoms with E-state index < -0.39 is 23.8 Å². The number of benzene rings is 2. The Kier molecular flexibility index (Phi) is 7.69. The first-order valence-corrected chi connectivity index (χ1v) is 11.6. The highest BCUT2D eigenvalue weighted by Gasteiger charge is 2.40. The number of morpholine rings is 1. The van der Waals surface area contributed by atoms with Gasteiger partial charge in [0, 0.05) is 32.5 Å². The summed E-state index contributed by atoms with van der Waals surface area (Å²) in [6, 6.07) is 17.0. The Bertz CT molecular complexity index is 1020. The second kappa shape index (κ2) is 11.1. The molecule has 2 aliphatic rings. The van der Waals surface area contributed by atoms with Crippen LogP contribution in [0.3, 0.4) is 0 Å². The maximum absolute atomic E-state index is 13.6. The van der Waals surface area contributed by atoms with Crippen molar-refractivity contribution in [2.75, 3.05) is 26.3 Å². The molecule has 0 radical (unpaired) electrons. The summed E-state index contributed by atoms with van der Waals surface area (Å²) in [7, 11) is 0. The summed E-state index contributed by atoms with van der Waals surface area (Å²) in [5.74, 6) is -1.77. The average Bonchev–Trinajstić information content (AvgIpc) is 3.33. The lowest BCUT2D eigenvalue weighted by Crippen LogP contribution is -2.56. The average molecular weight is 464 g/mol. The molecule has 2 aliphatic heterocycles. The molecule has 1 unspecified atom stereocenters. The van der Waals surface area contributed by atoms with Crippen molar-refractivity contribution in [1.29, 1.82) is 0 Å². The van der Waals surface area contributed by atoms with E-state index in [1.807, 2.05) is 60.7 Å². The molecule has 8 nitrogen and oxygen atoms in total. The van der Waals surface area contributed by atoms with E-state index >= 15 is 0 Å². The van der Waals surface area contributed by atoms with E-state index in [4.69, 9.17) is 4.74 Å². The Morgan fingerprint density at radius 1 is 0.971 bits per heavy atom. The van der Waals surface area contributed by atoms with E-state index in [0.717, 1.165) is 11.1 Å². The van der Waals surface area contributed by atoms with Crippen LogP contribution in [0.25, 0.3) is 0 Å². The lowest BCUT2D eigenvalue weighted by atomic mass is 9.97. The predicted molar refractivity (Wildman–Crippen MR) is 124 cm³/mol. The van der Waals surface area contributed by atoms with Crippen molar-refractivity contribution in [1.82, 2.24) is 15.1 Å². The largest absolute Gasteiger partial charge is 0.378 e. The number of hydrogen-bond donors (Lipinski definition) is 1. The van der Waals surface area contributed by atoms with Crippen molar-refractivity contribution < 1.29 is 23.9 Å². The zero-order valence-corrected chi connectivity index (χ0v) is 19.0. The van der Waals surface area contributed by atoms with E-state index in [9.17, 15) is 19.2 Å². The smallest absolute Gasteiger partial charge is 0.292 e. The number of Topliss-reactive ketones (excluding diaryl/α,β-unsaturated/α-hetero) is 1. The molecule has 0 bridgehead atoms. The van der Waals surface area contributed by atoms with Gasteiger partial charge in [-0.1, -0.05) is 60.7 Å². The molecule has 1 N–H and O–H groups in total. The molecule has 34 heavy (non-hydrogen) atoms. The molecular weight excluding hydrogens is 434 g/mol. The molecule has 2 atom stereocenters. The van der Waals surface area contributed by atoms with E-state index in [-0.39, 0.29) is 31.2 Å². The number of rotatable bonds is 8. The Morgan fingerprint density at radius 2 is 1.59 bits per heavy atom. The number of amides is 3. The third-order valence-corrected chi connectivity index (χ3v) is 6.23. The first kappa shape index (κ1) is 23.6. The van der Waals surface area contributed by atoms with Crippen LogP contribution < -0.4 is 5.32 Å². The molecule has 178 valence electrons. The summed E-state index contributed by atoms with van der Waals surface area (Å²) in [6.45, 7) is 1.60. The molecule has 0 spiro atoms. The van der Waals surface area contributed by atoms with Crippen LogP contribution in [0, 0.1) is 0 Å². The minimum absolute atomic E-state index is 0.158. The minimum atomic E-state index is -0.997. The number of nitrogens with one attached hydrogen (secondary N) is 1. The lowest BCUT2D eigenvalue weighted by molar-refractivity contribution is -0.153. The van der Waals surface area contributed by atoms with Crippen LogP contribution in [0.1, 0.15) is 24.0 Å². The first-order valence-electron chi connectivity index (χ1n) is 11.6. The zero-order valence-electron chi connectivity index (χ0n) is 19.0. The van der Waals surface area contributed by atoms with Gasteiger partial charge in [0.05, 0.1) is 13.2 Å². The van der Waals surface area contributed by atoms with Crippen molar-refractivity contribution in [2.24, 2.45) is 0 Å². The number of carbonyl (C=O) groups excluding carboxylic acids is 4. The third kappa shape index (κ3) is 5.69. The van der Waals surface area contributed by atoms with E-state index in [1.54, 1.807) is 0 Å². The first-order chi connectivity index (χ1) is 16.5. The minimum Gasteiger partial charge on any atom is -0.378 e. The van der Waals surface area contributed by atoms with Crippen LogP contribution >= 0.6 is 0 Å². The number of carbonyl (C=O) groups is 4. The van der Waals surface area contributed by atoms with Crippen LogP contribution in [0.2, 0.25) is 0 Å². The van der Waals surface area contributed by atoms with E-state index in [2.05, 4.69) is 5.32 Å². The Morgan fingerprint density at radius 3 is 2.18 bits per heavy atom. The van der Waals surface area contributed by atoms with Crippen molar-refractivity contribution >= 4 is 23.5 Å². The molecule has 2 saturated heterocycles. The number of ketones is 1. The standard InChI is InChI=1S/C26H29N3O5/c30-23-12-11-21(27-23)25(32)29(18-20-9-5-2-6-10-20)22(17-19-7-3-1-4-8-19)24(31)26(33)28-13-15-34-16-14-28/h1-10,21-22H,11-18H2,(H,27,30)/t21-,22?/m0/s1. The normalized spacial score (nSPS) is 18.8. The number of hydrogen-bond acceptors (Lipinski definition) is 5. The SMILES string of the molecule is O=C1CC[C@@H](C(=O)N(Cc2ccccc2)C(Cc2ccccc2)C(=O)C(=O)N2CCOCC2)N1. The van der Waals surface area contributed by atoms with Gasteiger partial charge in [-0.2, -0.15) is 0 Å². The molecule has 2 aromatic rings. The maximum Gasteiger partial charge on any atom is 0.292 e. The highest BCUT2D eigenvalue weighted by atomic mass is 16.5. The Hall–Kier alpha value is -3.52. The van der Waals surface area contributed by atoms with Gasteiger partial charge in [0.15, 0.2) is 0 Å². The van der Waals surface area contributed by atoms with Crippen LogP contribution in [0.4, 0.5) is 0 Å². The van der Waals surface area contributed by atoms with Gasteiger partial charge in [-0.3, -0.25) is 19.2 Å². The fourth-order valence-corrected chi connectivity index (χ4v) is 4.37. The van der Waals surface area contributed by atoms with E-state index in [0.29, 0.717) is 32.7 Å². The lowest BCUT2D eigenvalue weighted by Gasteiger charge is -2.34. The summed E-state index contributed by atoms with van der Waals surface area (Å²) in [5, 5.41) is 2.72. The molecule has 2 heterocycles. The van der Waals surface area contributed by atoms with Gasteiger partial charge < -0.3 is 19.9 Å². The van der Waals surface area contributed by atoms with Crippen LogP contribution in [-0.4, -0.2) is 71.7 Å². The van der Waals surface area contributed by atoms with Gasteiger partial charge in [0.25, 0.3) is 5.91 Å². The molecule has 0 aliphatic carbocycles. The van der Waals surface area contributed by atoms with Crippen molar-refractivity contribution in [2.45, 2.75) is 37.9 Å². The molecule has 2 aromatic carbocycles. The molecule has 0 aromatic heterocycles. The zero-order chi connectivity index (χ0) is 23.9. The molecule has 4 rings (SSSR count). The summed E-state index contributed by atoms with van der Waals surface area (Å²) in [4.78, 5) is 55.3. The van der Waals surface area contributed by atoms with Crippen LogP contribution in [0.15, 0.2) is 60.7 Å². The molecule has 0 saturated carbocycles. The summed E-state index contributed by atoms with van der Waals surface area (Å²) < 4.78 is 5.32. The Balaban J connectivity index is 1.67. The van der Waals surface area contributed by atoms with Gasteiger partial charge in [-0.15, -0.1) is 0 Å². The molecule has 8 heteroatoms. The fraction of sp³-hybridized carbons (Fsp3) is 0.385. The summed E-state index contributed by atoms with van der Waals surface area (Å²) in [5.41, 5.74) is 1.68.